The fourth-order valence-corrected chi connectivity index (χ4v) is 3.08. The molecule has 0 aliphatic rings. The summed E-state index contributed by atoms with van der Waals surface area (Å²) in [5.41, 5.74) is 1.02. The van der Waals surface area contributed by atoms with Crippen molar-refractivity contribution in [2.45, 2.75) is 0 Å². The average molecular weight is 539 g/mol. The Balaban J connectivity index is 1.89. The molecule has 114 valence electrons. The van der Waals surface area contributed by atoms with Gasteiger partial charge in [0.1, 0.15) is 0 Å². The van der Waals surface area contributed by atoms with Crippen molar-refractivity contribution in [2.75, 3.05) is 11.9 Å². The molecule has 0 saturated heterocycles. The summed E-state index contributed by atoms with van der Waals surface area (Å²) >= 11 is 8.82. The summed E-state index contributed by atoms with van der Waals surface area (Å²) in [6.07, 6.45) is 0. The maximum Gasteiger partial charge on any atom is 0.338 e. The van der Waals surface area contributed by atoms with E-state index < -0.39 is 11.9 Å². The number of halogens is 3. The van der Waals surface area contributed by atoms with E-state index in [4.69, 9.17) is 4.74 Å². The first-order valence-corrected chi connectivity index (χ1v) is 8.80. The fourth-order valence-electron chi connectivity index (χ4n) is 1.58. The SMILES string of the molecule is O=C(COC(=O)c1ccc(I)cc1)Nc1ccc(Br)cc1Br. The Morgan fingerprint density at radius 2 is 1.77 bits per heavy atom. The van der Waals surface area contributed by atoms with Gasteiger partial charge in [-0.2, -0.15) is 0 Å². The molecular formula is C15H10Br2INO3. The molecule has 0 heterocycles. The molecule has 22 heavy (non-hydrogen) atoms. The largest absolute Gasteiger partial charge is 0.452 e. The van der Waals surface area contributed by atoms with Gasteiger partial charge >= 0.3 is 5.97 Å². The van der Waals surface area contributed by atoms with Crippen LogP contribution in [0.2, 0.25) is 0 Å². The van der Waals surface area contributed by atoms with Crippen molar-refractivity contribution in [3.8, 4) is 0 Å². The first kappa shape index (κ1) is 17.4. The first-order valence-electron chi connectivity index (χ1n) is 6.13. The molecule has 0 bridgehead atoms. The zero-order chi connectivity index (χ0) is 16.1. The lowest BCUT2D eigenvalue weighted by atomic mass is 10.2. The number of rotatable bonds is 4. The highest BCUT2D eigenvalue weighted by molar-refractivity contribution is 14.1. The molecule has 0 radical (unpaired) electrons. The topological polar surface area (TPSA) is 55.4 Å². The molecular weight excluding hydrogens is 529 g/mol. The third-order valence-electron chi connectivity index (χ3n) is 2.62. The van der Waals surface area contributed by atoms with E-state index in [1.807, 2.05) is 6.07 Å². The second kappa shape index (κ2) is 8.07. The highest BCUT2D eigenvalue weighted by Gasteiger charge is 2.11. The van der Waals surface area contributed by atoms with Crippen molar-refractivity contribution in [2.24, 2.45) is 0 Å². The van der Waals surface area contributed by atoms with Crippen molar-refractivity contribution in [3.05, 3.63) is 60.5 Å². The van der Waals surface area contributed by atoms with E-state index in [2.05, 4.69) is 59.8 Å². The Hall–Kier alpha value is -0.930. The molecule has 0 unspecified atom stereocenters. The second-order valence-corrected chi connectivity index (χ2v) is 7.27. The summed E-state index contributed by atoms with van der Waals surface area (Å²) in [6.45, 7) is -0.340. The van der Waals surface area contributed by atoms with E-state index in [1.165, 1.54) is 0 Å². The van der Waals surface area contributed by atoms with Gasteiger partial charge in [0, 0.05) is 12.5 Å². The van der Waals surface area contributed by atoms with Crippen LogP contribution < -0.4 is 5.32 Å². The van der Waals surface area contributed by atoms with Crippen molar-refractivity contribution in [3.63, 3.8) is 0 Å². The predicted octanol–water partition coefficient (Wildman–Crippen LogP) is 4.61. The lowest BCUT2D eigenvalue weighted by Crippen LogP contribution is -2.21. The number of esters is 1. The average Bonchev–Trinajstić information content (AvgIpc) is 2.48. The first-order chi connectivity index (χ1) is 10.5. The number of benzene rings is 2. The van der Waals surface area contributed by atoms with Gasteiger partial charge in [0.05, 0.1) is 11.3 Å². The van der Waals surface area contributed by atoms with Crippen LogP contribution >= 0.6 is 54.5 Å². The minimum atomic E-state index is -0.526. The number of hydrogen-bond donors (Lipinski definition) is 1. The van der Waals surface area contributed by atoms with Gasteiger partial charge in [-0.1, -0.05) is 15.9 Å². The molecule has 0 atom stereocenters. The van der Waals surface area contributed by atoms with Gasteiger partial charge in [-0.05, 0) is 81.0 Å². The van der Waals surface area contributed by atoms with Gasteiger partial charge in [0.25, 0.3) is 5.91 Å². The van der Waals surface area contributed by atoms with Gasteiger partial charge in [-0.3, -0.25) is 4.79 Å². The molecule has 7 heteroatoms. The van der Waals surface area contributed by atoms with Gasteiger partial charge in [0.2, 0.25) is 0 Å². The lowest BCUT2D eigenvalue weighted by Gasteiger charge is -2.08. The predicted molar refractivity (Wildman–Crippen MR) is 99.9 cm³/mol. The van der Waals surface area contributed by atoms with E-state index >= 15 is 0 Å². The van der Waals surface area contributed by atoms with E-state index in [9.17, 15) is 9.59 Å². The summed E-state index contributed by atoms with van der Waals surface area (Å²) < 4.78 is 7.63. The smallest absolute Gasteiger partial charge is 0.338 e. The summed E-state index contributed by atoms with van der Waals surface area (Å²) in [6, 6.07) is 12.3. The van der Waals surface area contributed by atoms with Gasteiger partial charge in [-0.25, -0.2) is 4.79 Å². The Kier molecular flexibility index (Phi) is 6.39. The van der Waals surface area contributed by atoms with Crippen LogP contribution in [-0.4, -0.2) is 18.5 Å². The number of anilines is 1. The molecule has 1 amide bonds. The van der Waals surface area contributed by atoms with E-state index in [-0.39, 0.29) is 6.61 Å². The molecule has 0 aliphatic heterocycles. The summed E-state index contributed by atoms with van der Waals surface area (Å²) in [4.78, 5) is 23.6. The number of ether oxygens (including phenoxy) is 1. The third kappa shape index (κ3) is 5.06. The Morgan fingerprint density at radius 3 is 2.41 bits per heavy atom. The van der Waals surface area contributed by atoms with Crippen LogP contribution in [-0.2, 0) is 9.53 Å². The van der Waals surface area contributed by atoms with Crippen LogP contribution in [0.25, 0.3) is 0 Å². The van der Waals surface area contributed by atoms with Crippen molar-refractivity contribution >= 4 is 72.0 Å². The maximum atomic E-state index is 11.8. The molecule has 1 N–H and O–H groups in total. The van der Waals surface area contributed by atoms with Crippen LogP contribution in [0.15, 0.2) is 51.4 Å². The zero-order valence-corrected chi connectivity index (χ0v) is 16.4. The van der Waals surface area contributed by atoms with E-state index in [0.29, 0.717) is 11.3 Å². The molecule has 4 nitrogen and oxygen atoms in total. The number of carbonyl (C=O) groups excluding carboxylic acids is 2. The van der Waals surface area contributed by atoms with Crippen LogP contribution in [0, 0.1) is 3.57 Å². The van der Waals surface area contributed by atoms with E-state index in [0.717, 1.165) is 12.5 Å². The summed E-state index contributed by atoms with van der Waals surface area (Å²) in [5, 5.41) is 2.67. The summed E-state index contributed by atoms with van der Waals surface area (Å²) in [5.74, 6) is -0.927. The number of amides is 1. The minimum Gasteiger partial charge on any atom is -0.452 e. The van der Waals surface area contributed by atoms with E-state index in [1.54, 1.807) is 36.4 Å². The Morgan fingerprint density at radius 1 is 1.09 bits per heavy atom. The minimum absolute atomic E-state index is 0.340. The van der Waals surface area contributed by atoms with Crippen molar-refractivity contribution < 1.29 is 14.3 Å². The second-order valence-electron chi connectivity index (χ2n) is 4.26. The van der Waals surface area contributed by atoms with Crippen molar-refractivity contribution in [1.82, 2.24) is 0 Å². The molecule has 2 aromatic rings. The molecule has 2 aromatic carbocycles. The molecule has 0 saturated carbocycles. The van der Waals surface area contributed by atoms with Crippen molar-refractivity contribution in [1.29, 1.82) is 0 Å². The Bertz CT molecular complexity index is 704. The zero-order valence-electron chi connectivity index (χ0n) is 11.1. The standard InChI is InChI=1S/C15H10Br2INO3/c16-10-3-6-13(12(17)7-10)19-14(20)8-22-15(21)9-1-4-11(18)5-2-9/h1-7H,8H2,(H,19,20). The molecule has 0 aromatic heterocycles. The maximum absolute atomic E-state index is 11.8. The van der Waals surface area contributed by atoms with Crippen LogP contribution in [0.3, 0.4) is 0 Å². The van der Waals surface area contributed by atoms with Crippen LogP contribution in [0.1, 0.15) is 10.4 Å². The molecule has 2 rings (SSSR count). The molecule has 0 fully saturated rings. The highest BCUT2D eigenvalue weighted by atomic mass is 127. The van der Waals surface area contributed by atoms with Crippen LogP contribution in [0.5, 0.6) is 0 Å². The lowest BCUT2D eigenvalue weighted by molar-refractivity contribution is -0.119. The van der Waals surface area contributed by atoms with Gasteiger partial charge in [0.15, 0.2) is 6.61 Å². The quantitative estimate of drug-likeness (QED) is 0.457. The monoisotopic (exact) mass is 537 g/mol. The number of nitrogens with one attached hydrogen (secondary N) is 1. The normalized spacial score (nSPS) is 10.1. The Labute approximate surface area is 158 Å². The number of carbonyl (C=O) groups is 2. The summed E-state index contributed by atoms with van der Waals surface area (Å²) in [7, 11) is 0. The third-order valence-corrected chi connectivity index (χ3v) is 4.49. The fraction of sp³-hybridized carbons (Fsp3) is 0.0667. The number of hydrogen-bond acceptors (Lipinski definition) is 3. The molecule has 0 aliphatic carbocycles. The molecule has 0 spiro atoms. The highest BCUT2D eigenvalue weighted by Crippen LogP contribution is 2.26. The van der Waals surface area contributed by atoms with Gasteiger partial charge in [-0.15, -0.1) is 0 Å². The van der Waals surface area contributed by atoms with Gasteiger partial charge < -0.3 is 10.1 Å². The van der Waals surface area contributed by atoms with Crippen LogP contribution in [0.4, 0.5) is 5.69 Å².